The monoisotopic (exact) mass is 375 g/mol. The molecule has 0 bridgehead atoms. The number of rotatable bonds is 5. The number of hydrogen-bond acceptors (Lipinski definition) is 7. The van der Waals surface area contributed by atoms with Gasteiger partial charge in [-0.2, -0.15) is 4.98 Å². The molecule has 1 aliphatic heterocycles. The Balaban J connectivity index is 1.35. The molecular weight excluding hydrogens is 354 g/mol. The Morgan fingerprint density at radius 2 is 2.14 bits per heavy atom. The Morgan fingerprint density at radius 3 is 2.96 bits per heavy atom. The molecule has 0 aliphatic carbocycles. The first-order chi connectivity index (χ1) is 13.8. The van der Waals surface area contributed by atoms with Gasteiger partial charge in [0.05, 0.1) is 12.6 Å². The lowest BCUT2D eigenvalue weighted by molar-refractivity contribution is 0.190. The Bertz CT molecular complexity index is 1050. The summed E-state index contributed by atoms with van der Waals surface area (Å²) in [6.07, 6.45) is 3.85. The molecular formula is C21H21N5O2. The third-order valence-electron chi connectivity index (χ3n) is 5.20. The minimum absolute atomic E-state index is 0.110. The van der Waals surface area contributed by atoms with Gasteiger partial charge in [0, 0.05) is 24.2 Å². The molecule has 28 heavy (non-hydrogen) atoms. The normalized spacial score (nSPS) is 17.4. The third-order valence-corrected chi connectivity index (χ3v) is 5.20. The molecule has 1 fully saturated rings. The highest BCUT2D eigenvalue weighted by atomic mass is 16.5. The van der Waals surface area contributed by atoms with Crippen molar-refractivity contribution >= 4 is 16.8 Å². The first kappa shape index (κ1) is 16.9. The van der Waals surface area contributed by atoms with Crippen molar-refractivity contribution in [2.75, 3.05) is 18.9 Å². The maximum Gasteiger partial charge on any atom is 0.244 e. The van der Waals surface area contributed by atoms with Gasteiger partial charge < -0.3 is 14.3 Å². The summed E-state index contributed by atoms with van der Waals surface area (Å²) >= 11 is 0. The van der Waals surface area contributed by atoms with Crippen LogP contribution in [0.25, 0.3) is 22.4 Å². The molecule has 1 N–H and O–H groups in total. The zero-order valence-electron chi connectivity index (χ0n) is 15.6. The highest BCUT2D eigenvalue weighted by molar-refractivity contribution is 5.77. The number of likely N-dealkylation sites (tertiary alicyclic amines) is 1. The van der Waals surface area contributed by atoms with Crippen molar-refractivity contribution in [3.63, 3.8) is 0 Å². The van der Waals surface area contributed by atoms with Crippen molar-refractivity contribution in [1.82, 2.24) is 20.0 Å². The van der Waals surface area contributed by atoms with E-state index in [2.05, 4.69) is 37.5 Å². The number of fused-ring (bicyclic) bond motifs is 1. The quantitative estimate of drug-likeness (QED) is 0.558. The molecule has 7 heteroatoms. The molecule has 3 aromatic heterocycles. The summed E-state index contributed by atoms with van der Waals surface area (Å²) in [6.45, 7) is 1.72. The van der Waals surface area contributed by atoms with E-state index < -0.39 is 0 Å². The molecule has 1 saturated heterocycles. The van der Waals surface area contributed by atoms with Gasteiger partial charge in [-0.05, 0) is 43.7 Å². The summed E-state index contributed by atoms with van der Waals surface area (Å²) in [5, 5.41) is 8.30. The van der Waals surface area contributed by atoms with Gasteiger partial charge >= 0.3 is 0 Å². The Morgan fingerprint density at radius 1 is 1.21 bits per heavy atom. The number of nitrogens with zero attached hydrogens (tertiary/aromatic N) is 4. The number of furan rings is 1. The lowest BCUT2D eigenvalue weighted by atomic mass is 10.2. The lowest BCUT2D eigenvalue weighted by Crippen LogP contribution is -2.22. The predicted molar refractivity (Wildman–Crippen MR) is 106 cm³/mol. The average Bonchev–Trinajstić information content (AvgIpc) is 3.47. The van der Waals surface area contributed by atoms with Crippen LogP contribution in [0.2, 0.25) is 0 Å². The minimum atomic E-state index is 0.110. The molecule has 0 spiro atoms. The fraction of sp³-hybridized carbons (Fsp3) is 0.286. The van der Waals surface area contributed by atoms with Crippen molar-refractivity contribution in [1.29, 1.82) is 0 Å². The number of benzene rings is 1. The second-order valence-corrected chi connectivity index (χ2v) is 7.02. The van der Waals surface area contributed by atoms with Gasteiger partial charge in [-0.25, -0.2) is 4.98 Å². The first-order valence-corrected chi connectivity index (χ1v) is 9.49. The minimum Gasteiger partial charge on any atom is -0.460 e. The van der Waals surface area contributed by atoms with Crippen LogP contribution in [0.1, 0.15) is 30.5 Å². The average molecular weight is 375 g/mol. The maximum atomic E-state index is 5.99. The molecule has 0 unspecified atom stereocenters. The molecule has 0 radical (unpaired) electrons. The van der Waals surface area contributed by atoms with E-state index in [1.54, 1.807) is 6.20 Å². The van der Waals surface area contributed by atoms with E-state index in [4.69, 9.17) is 8.94 Å². The van der Waals surface area contributed by atoms with Crippen LogP contribution in [0.15, 0.2) is 57.6 Å². The molecule has 5 rings (SSSR count). The molecule has 4 aromatic rings. The number of hydrogen-bond donors (Lipinski definition) is 1. The fourth-order valence-electron chi connectivity index (χ4n) is 3.77. The SMILES string of the molecule is CNc1ccc(-c2noc([C@H]3CCCN3Cc3cc4ccccc4o3)n2)cn1. The van der Waals surface area contributed by atoms with Crippen LogP contribution in [0, 0.1) is 0 Å². The van der Waals surface area contributed by atoms with Crippen LogP contribution in [0.3, 0.4) is 0 Å². The third kappa shape index (κ3) is 3.14. The molecule has 0 saturated carbocycles. The molecule has 1 atom stereocenters. The number of para-hydroxylation sites is 1. The number of aromatic nitrogens is 3. The van der Waals surface area contributed by atoms with E-state index in [1.165, 1.54) is 0 Å². The van der Waals surface area contributed by atoms with Gasteiger partial charge in [0.2, 0.25) is 11.7 Å². The second kappa shape index (κ2) is 7.09. The van der Waals surface area contributed by atoms with Crippen LogP contribution in [-0.4, -0.2) is 33.6 Å². The van der Waals surface area contributed by atoms with E-state index in [0.29, 0.717) is 11.7 Å². The molecule has 1 aliphatic rings. The van der Waals surface area contributed by atoms with Crippen LogP contribution in [-0.2, 0) is 6.54 Å². The van der Waals surface area contributed by atoms with Crippen LogP contribution < -0.4 is 5.32 Å². The van der Waals surface area contributed by atoms with E-state index in [-0.39, 0.29) is 6.04 Å². The van der Waals surface area contributed by atoms with E-state index in [0.717, 1.165) is 54.0 Å². The van der Waals surface area contributed by atoms with Gasteiger partial charge in [-0.3, -0.25) is 4.90 Å². The van der Waals surface area contributed by atoms with E-state index >= 15 is 0 Å². The Labute approximate surface area is 162 Å². The first-order valence-electron chi connectivity index (χ1n) is 9.49. The van der Waals surface area contributed by atoms with Crippen molar-refractivity contribution in [2.45, 2.75) is 25.4 Å². The summed E-state index contributed by atoms with van der Waals surface area (Å²) < 4.78 is 11.6. The summed E-state index contributed by atoms with van der Waals surface area (Å²) in [5.41, 5.74) is 1.77. The zero-order valence-corrected chi connectivity index (χ0v) is 15.6. The highest BCUT2D eigenvalue weighted by Crippen LogP contribution is 2.34. The number of anilines is 1. The summed E-state index contributed by atoms with van der Waals surface area (Å²) in [5.74, 6) is 2.99. The largest absolute Gasteiger partial charge is 0.460 e. The van der Waals surface area contributed by atoms with Crippen LogP contribution >= 0.6 is 0 Å². The van der Waals surface area contributed by atoms with E-state index in [1.807, 2.05) is 37.4 Å². The lowest BCUT2D eigenvalue weighted by Gasteiger charge is -2.19. The molecule has 1 aromatic carbocycles. The molecule has 0 amide bonds. The van der Waals surface area contributed by atoms with Crippen LogP contribution in [0.4, 0.5) is 5.82 Å². The number of nitrogens with one attached hydrogen (secondary N) is 1. The van der Waals surface area contributed by atoms with Gasteiger partial charge in [-0.1, -0.05) is 23.4 Å². The summed E-state index contributed by atoms with van der Waals surface area (Å²) in [7, 11) is 1.84. The van der Waals surface area contributed by atoms with Gasteiger partial charge in [0.15, 0.2) is 0 Å². The smallest absolute Gasteiger partial charge is 0.244 e. The summed E-state index contributed by atoms with van der Waals surface area (Å²) in [4.78, 5) is 11.3. The van der Waals surface area contributed by atoms with Crippen molar-refractivity contribution in [3.05, 3.63) is 60.3 Å². The molecule has 4 heterocycles. The maximum absolute atomic E-state index is 5.99. The van der Waals surface area contributed by atoms with Gasteiger partial charge in [0.25, 0.3) is 0 Å². The fourth-order valence-corrected chi connectivity index (χ4v) is 3.77. The summed E-state index contributed by atoms with van der Waals surface area (Å²) in [6, 6.07) is 14.1. The molecule has 142 valence electrons. The van der Waals surface area contributed by atoms with Gasteiger partial charge in [-0.15, -0.1) is 0 Å². The Kier molecular flexibility index (Phi) is 4.29. The van der Waals surface area contributed by atoms with Crippen molar-refractivity contribution < 1.29 is 8.94 Å². The molecule has 7 nitrogen and oxygen atoms in total. The Hall–Kier alpha value is -3.19. The van der Waals surface area contributed by atoms with Crippen molar-refractivity contribution in [3.8, 4) is 11.4 Å². The second-order valence-electron chi connectivity index (χ2n) is 7.02. The van der Waals surface area contributed by atoms with Gasteiger partial charge in [0.1, 0.15) is 17.2 Å². The number of pyridine rings is 1. The van der Waals surface area contributed by atoms with Crippen LogP contribution in [0.5, 0.6) is 0 Å². The predicted octanol–water partition coefficient (Wildman–Crippen LogP) is 4.26. The topological polar surface area (TPSA) is 80.2 Å². The van der Waals surface area contributed by atoms with E-state index in [9.17, 15) is 0 Å². The standard InChI is InChI=1S/C21H21N5O2/c1-22-19-9-8-15(12-23-19)20-24-21(28-25-20)17-6-4-10-26(17)13-16-11-14-5-2-3-7-18(14)27-16/h2-3,5,7-9,11-12,17H,4,6,10,13H2,1H3,(H,22,23)/t17-/m1/s1. The van der Waals surface area contributed by atoms with Crippen molar-refractivity contribution in [2.24, 2.45) is 0 Å². The highest BCUT2D eigenvalue weighted by Gasteiger charge is 2.31. The zero-order chi connectivity index (χ0) is 18.9.